The van der Waals surface area contributed by atoms with Crippen molar-refractivity contribution in [1.29, 1.82) is 0 Å². The minimum Gasteiger partial charge on any atom is -0.452 e. The van der Waals surface area contributed by atoms with Crippen LogP contribution in [-0.2, 0) is 10.3 Å². The first-order valence-electron chi connectivity index (χ1n) is 8.88. The van der Waals surface area contributed by atoms with E-state index in [2.05, 4.69) is 24.9 Å². The van der Waals surface area contributed by atoms with Crippen molar-refractivity contribution in [2.24, 2.45) is 10.7 Å². The number of aromatic nitrogens is 3. The quantitative estimate of drug-likeness (QED) is 0.622. The highest BCUT2D eigenvalue weighted by Gasteiger charge is 2.52. The molecule has 7 nitrogen and oxygen atoms in total. The van der Waals surface area contributed by atoms with Crippen molar-refractivity contribution in [1.82, 2.24) is 15.2 Å². The lowest BCUT2D eigenvalue weighted by Gasteiger charge is -2.36. The van der Waals surface area contributed by atoms with E-state index in [1.807, 2.05) is 0 Å². The number of halogens is 5. The third-order valence-electron chi connectivity index (χ3n) is 4.84. The van der Waals surface area contributed by atoms with Crippen LogP contribution in [0.1, 0.15) is 12.0 Å². The molecular weight excluding hydrogens is 425 g/mol. The second kappa shape index (κ2) is 7.60. The van der Waals surface area contributed by atoms with Gasteiger partial charge >= 0.3 is 6.18 Å². The third kappa shape index (κ3) is 3.92. The summed E-state index contributed by atoms with van der Waals surface area (Å²) >= 11 is 0. The van der Waals surface area contributed by atoms with E-state index in [1.54, 1.807) is 6.07 Å². The highest BCUT2D eigenvalue weighted by atomic mass is 19.4. The average molecular weight is 439 g/mol. The summed E-state index contributed by atoms with van der Waals surface area (Å²) in [5.41, 5.74) is 4.10. The molecule has 31 heavy (non-hydrogen) atoms. The van der Waals surface area contributed by atoms with Crippen molar-refractivity contribution in [2.45, 2.75) is 24.2 Å². The van der Waals surface area contributed by atoms with Gasteiger partial charge in [0.15, 0.2) is 6.10 Å². The van der Waals surface area contributed by atoms with Crippen LogP contribution in [0.15, 0.2) is 52.5 Å². The summed E-state index contributed by atoms with van der Waals surface area (Å²) in [4.78, 5) is 7.79. The van der Waals surface area contributed by atoms with E-state index >= 15 is 0 Å². The number of hydrogen-bond donors (Lipinski definition) is 1. The molecule has 0 aliphatic carbocycles. The van der Waals surface area contributed by atoms with Gasteiger partial charge in [-0.25, -0.2) is 13.8 Å². The lowest BCUT2D eigenvalue weighted by Crippen LogP contribution is -2.48. The Morgan fingerprint density at radius 2 is 1.90 bits per heavy atom. The molecule has 2 N–H and O–H groups in total. The molecule has 2 atom stereocenters. The molecular formula is C19H14F5N5O2. The molecule has 4 rings (SSSR count). The van der Waals surface area contributed by atoms with E-state index in [-0.39, 0.29) is 11.5 Å². The van der Waals surface area contributed by atoms with Gasteiger partial charge in [0.05, 0.1) is 5.56 Å². The van der Waals surface area contributed by atoms with E-state index in [4.69, 9.17) is 10.2 Å². The first kappa shape index (κ1) is 20.7. The fraction of sp³-hybridized carbons (Fsp3) is 0.263. The van der Waals surface area contributed by atoms with Crippen LogP contribution in [-0.4, -0.2) is 40.2 Å². The van der Waals surface area contributed by atoms with Crippen LogP contribution in [0.3, 0.4) is 0 Å². The average Bonchev–Trinajstić information content (AvgIpc) is 3.28. The number of nitrogens with two attached hydrogens (primary N) is 1. The summed E-state index contributed by atoms with van der Waals surface area (Å²) in [5.74, 6) is -0.742. The second-order valence-electron chi connectivity index (χ2n) is 6.87. The van der Waals surface area contributed by atoms with Crippen LogP contribution in [0.4, 0.5) is 22.0 Å². The smallest absolute Gasteiger partial charge is 0.425 e. The summed E-state index contributed by atoms with van der Waals surface area (Å²) < 4.78 is 78.2. The number of ether oxygens (including phenoxy) is 1. The number of aliphatic imine (C=N–C) groups is 1. The number of pyridine rings is 1. The van der Waals surface area contributed by atoms with Crippen molar-refractivity contribution >= 4 is 6.02 Å². The Hall–Kier alpha value is -3.57. The van der Waals surface area contributed by atoms with Gasteiger partial charge in [0.25, 0.3) is 6.02 Å². The largest absolute Gasteiger partial charge is 0.452 e. The molecule has 0 bridgehead atoms. The Morgan fingerprint density at radius 3 is 2.58 bits per heavy atom. The maximum absolute atomic E-state index is 14.7. The van der Waals surface area contributed by atoms with E-state index < -0.39 is 42.8 Å². The van der Waals surface area contributed by atoms with E-state index in [0.717, 1.165) is 12.5 Å². The van der Waals surface area contributed by atoms with Crippen LogP contribution in [0, 0.1) is 5.82 Å². The van der Waals surface area contributed by atoms with Crippen LogP contribution in [0.5, 0.6) is 0 Å². The van der Waals surface area contributed by atoms with Gasteiger partial charge in [-0.1, -0.05) is 6.07 Å². The SMILES string of the molecule is NC1=NC(CF)(c2cc(-c3cncc(-c4nnco4)c3)ccc2F)CC(C(F)(F)F)O1. The number of rotatable bonds is 4. The van der Waals surface area contributed by atoms with Crippen molar-refractivity contribution in [3.05, 3.63) is 54.4 Å². The predicted molar refractivity (Wildman–Crippen MR) is 97.7 cm³/mol. The fourth-order valence-electron chi connectivity index (χ4n) is 3.36. The zero-order chi connectivity index (χ0) is 22.2. The molecule has 1 aliphatic heterocycles. The first-order chi connectivity index (χ1) is 14.7. The third-order valence-corrected chi connectivity index (χ3v) is 4.84. The van der Waals surface area contributed by atoms with Crippen LogP contribution in [0.2, 0.25) is 0 Å². The molecule has 0 fully saturated rings. The Morgan fingerprint density at radius 1 is 1.13 bits per heavy atom. The Labute approximate surface area is 171 Å². The van der Waals surface area contributed by atoms with Gasteiger partial charge in [-0.3, -0.25) is 4.98 Å². The van der Waals surface area contributed by atoms with Crippen molar-refractivity contribution in [2.75, 3.05) is 6.67 Å². The standard InChI is InChI=1S/C19H14F5N5O2/c20-8-18(5-15(19(22,23)24)31-17(25)28-18)13-4-10(1-2-14(13)21)11-3-12(7-26-6-11)16-29-27-9-30-16/h1-4,6-7,9,15H,5,8H2,(H2,25,28). The summed E-state index contributed by atoms with van der Waals surface area (Å²) in [5, 5.41) is 7.35. The first-order valence-corrected chi connectivity index (χ1v) is 8.88. The van der Waals surface area contributed by atoms with Gasteiger partial charge in [-0.05, 0) is 23.8 Å². The lowest BCUT2D eigenvalue weighted by atomic mass is 9.83. The molecule has 3 aromatic rings. The van der Waals surface area contributed by atoms with Gasteiger partial charge in [-0.2, -0.15) is 13.2 Å². The molecule has 1 aromatic carbocycles. The topological polar surface area (TPSA) is 99.4 Å². The molecule has 0 saturated carbocycles. The molecule has 1 aliphatic rings. The van der Waals surface area contributed by atoms with Crippen molar-refractivity contribution < 1.29 is 31.1 Å². The van der Waals surface area contributed by atoms with Crippen molar-refractivity contribution in [3.63, 3.8) is 0 Å². The molecule has 3 heterocycles. The summed E-state index contributed by atoms with van der Waals surface area (Å²) in [6.07, 6.45) is -4.19. The summed E-state index contributed by atoms with van der Waals surface area (Å²) in [6.45, 7) is -1.41. The molecule has 0 saturated heterocycles. The Kier molecular flexibility index (Phi) is 5.07. The number of benzene rings is 1. The van der Waals surface area contributed by atoms with Gasteiger partial charge < -0.3 is 14.9 Å². The van der Waals surface area contributed by atoms with Crippen LogP contribution < -0.4 is 5.73 Å². The van der Waals surface area contributed by atoms with Gasteiger partial charge in [0.1, 0.15) is 18.0 Å². The monoisotopic (exact) mass is 439 g/mol. The second-order valence-corrected chi connectivity index (χ2v) is 6.87. The zero-order valence-electron chi connectivity index (χ0n) is 15.6. The molecule has 0 amide bonds. The number of nitrogens with zero attached hydrogens (tertiary/aromatic N) is 4. The highest BCUT2D eigenvalue weighted by molar-refractivity contribution is 5.74. The van der Waals surface area contributed by atoms with Crippen LogP contribution >= 0.6 is 0 Å². The predicted octanol–water partition coefficient (Wildman–Crippen LogP) is 3.77. The molecule has 0 spiro atoms. The number of alkyl halides is 4. The maximum atomic E-state index is 14.7. The molecule has 162 valence electrons. The van der Waals surface area contributed by atoms with Gasteiger partial charge in [-0.15, -0.1) is 10.2 Å². The summed E-state index contributed by atoms with van der Waals surface area (Å²) in [7, 11) is 0. The van der Waals surface area contributed by atoms with E-state index in [1.165, 1.54) is 24.5 Å². The fourth-order valence-corrected chi connectivity index (χ4v) is 3.36. The Balaban J connectivity index is 1.79. The van der Waals surface area contributed by atoms with Gasteiger partial charge in [0, 0.05) is 29.9 Å². The van der Waals surface area contributed by atoms with E-state index in [9.17, 15) is 22.0 Å². The lowest BCUT2D eigenvalue weighted by molar-refractivity contribution is -0.209. The molecule has 12 heteroatoms. The van der Waals surface area contributed by atoms with Crippen LogP contribution in [0.25, 0.3) is 22.6 Å². The number of amidine groups is 1. The number of hydrogen-bond acceptors (Lipinski definition) is 7. The summed E-state index contributed by atoms with van der Waals surface area (Å²) in [6, 6.07) is 4.37. The maximum Gasteiger partial charge on any atom is 0.425 e. The van der Waals surface area contributed by atoms with Gasteiger partial charge in [0.2, 0.25) is 12.3 Å². The minimum absolute atomic E-state index is 0.187. The zero-order valence-corrected chi connectivity index (χ0v) is 15.6. The minimum atomic E-state index is -4.84. The van der Waals surface area contributed by atoms with E-state index in [0.29, 0.717) is 16.7 Å². The molecule has 0 radical (unpaired) electrons. The normalized spacial score (nSPS) is 21.5. The van der Waals surface area contributed by atoms with Crippen molar-refractivity contribution in [3.8, 4) is 22.6 Å². The Bertz CT molecular complexity index is 1120. The molecule has 2 aromatic heterocycles. The highest BCUT2D eigenvalue weighted by Crippen LogP contribution is 2.42. The molecule has 2 unspecified atom stereocenters.